The summed E-state index contributed by atoms with van der Waals surface area (Å²) in [5.41, 5.74) is 3.14. The highest BCUT2D eigenvalue weighted by Crippen LogP contribution is 2.10. The van der Waals surface area contributed by atoms with Gasteiger partial charge in [-0.2, -0.15) is 0 Å². The van der Waals surface area contributed by atoms with Crippen molar-refractivity contribution in [3.05, 3.63) is 71.3 Å². The average molecular weight is 323 g/mol. The van der Waals surface area contributed by atoms with Gasteiger partial charge in [0.2, 0.25) is 0 Å². The SMILES string of the molecule is CC(=O)CCc1ccc(CC[C@H](C)NC(=O)c2ccccc2)cc1. The molecule has 3 heteroatoms. The molecule has 0 aliphatic rings. The molecule has 0 saturated carbocycles. The van der Waals surface area contributed by atoms with Gasteiger partial charge in [-0.05, 0) is 56.4 Å². The molecule has 126 valence electrons. The molecule has 0 aromatic heterocycles. The lowest BCUT2D eigenvalue weighted by Crippen LogP contribution is -2.32. The van der Waals surface area contributed by atoms with Gasteiger partial charge >= 0.3 is 0 Å². The van der Waals surface area contributed by atoms with Crippen molar-refractivity contribution in [2.45, 2.75) is 45.6 Å². The van der Waals surface area contributed by atoms with Gasteiger partial charge in [0.1, 0.15) is 5.78 Å². The van der Waals surface area contributed by atoms with Gasteiger partial charge in [-0.25, -0.2) is 0 Å². The number of carbonyl (C=O) groups is 2. The molecule has 0 aliphatic heterocycles. The third-order valence-electron chi connectivity index (χ3n) is 4.07. The highest BCUT2D eigenvalue weighted by molar-refractivity contribution is 5.94. The van der Waals surface area contributed by atoms with Crippen molar-refractivity contribution >= 4 is 11.7 Å². The smallest absolute Gasteiger partial charge is 0.251 e. The number of carbonyl (C=O) groups excluding carboxylic acids is 2. The second-order valence-corrected chi connectivity index (χ2v) is 6.30. The van der Waals surface area contributed by atoms with E-state index in [1.54, 1.807) is 6.92 Å². The van der Waals surface area contributed by atoms with Crippen LogP contribution in [0.1, 0.15) is 48.2 Å². The number of rotatable bonds is 8. The third-order valence-corrected chi connectivity index (χ3v) is 4.07. The normalized spacial score (nSPS) is 11.8. The predicted octanol–water partition coefficient (Wildman–Crippen LogP) is 3.96. The maximum absolute atomic E-state index is 12.1. The Morgan fingerprint density at radius 2 is 1.50 bits per heavy atom. The fraction of sp³-hybridized carbons (Fsp3) is 0.333. The molecule has 3 nitrogen and oxygen atoms in total. The van der Waals surface area contributed by atoms with Crippen LogP contribution in [0, 0.1) is 0 Å². The summed E-state index contributed by atoms with van der Waals surface area (Å²) >= 11 is 0. The van der Waals surface area contributed by atoms with E-state index in [0.717, 1.165) is 19.3 Å². The van der Waals surface area contributed by atoms with Crippen molar-refractivity contribution in [1.29, 1.82) is 0 Å². The lowest BCUT2D eigenvalue weighted by atomic mass is 10.0. The molecule has 0 saturated heterocycles. The Labute approximate surface area is 144 Å². The first kappa shape index (κ1) is 17.9. The van der Waals surface area contributed by atoms with Gasteiger partial charge < -0.3 is 10.1 Å². The predicted molar refractivity (Wildman–Crippen MR) is 97.1 cm³/mol. The van der Waals surface area contributed by atoms with Crippen molar-refractivity contribution < 1.29 is 9.59 Å². The first-order valence-electron chi connectivity index (χ1n) is 8.48. The summed E-state index contributed by atoms with van der Waals surface area (Å²) < 4.78 is 0. The van der Waals surface area contributed by atoms with Gasteiger partial charge in [0.25, 0.3) is 5.91 Å². The van der Waals surface area contributed by atoms with E-state index >= 15 is 0 Å². The van der Waals surface area contributed by atoms with Gasteiger partial charge in [-0.15, -0.1) is 0 Å². The molecule has 2 rings (SSSR count). The Morgan fingerprint density at radius 3 is 2.08 bits per heavy atom. The van der Waals surface area contributed by atoms with Crippen molar-refractivity contribution in [3.8, 4) is 0 Å². The number of nitrogens with one attached hydrogen (secondary N) is 1. The van der Waals surface area contributed by atoms with E-state index in [1.807, 2.05) is 37.3 Å². The van der Waals surface area contributed by atoms with Crippen LogP contribution in [0.2, 0.25) is 0 Å². The van der Waals surface area contributed by atoms with E-state index in [2.05, 4.69) is 29.6 Å². The zero-order valence-electron chi connectivity index (χ0n) is 14.4. The topological polar surface area (TPSA) is 46.2 Å². The van der Waals surface area contributed by atoms with E-state index in [-0.39, 0.29) is 17.7 Å². The summed E-state index contributed by atoms with van der Waals surface area (Å²) in [6.45, 7) is 3.65. The Kier molecular flexibility index (Phi) is 6.74. The van der Waals surface area contributed by atoms with Gasteiger partial charge in [0, 0.05) is 18.0 Å². The standard InChI is InChI=1S/C21H25NO2/c1-16(22-21(24)20-6-4-3-5-7-20)8-10-18-12-14-19(15-13-18)11-9-17(2)23/h3-7,12-16H,8-11H2,1-2H3,(H,22,24)/t16-/m0/s1. The van der Waals surface area contributed by atoms with Gasteiger partial charge in [0.15, 0.2) is 0 Å². The lowest BCUT2D eigenvalue weighted by molar-refractivity contribution is -0.116. The lowest BCUT2D eigenvalue weighted by Gasteiger charge is -2.14. The van der Waals surface area contributed by atoms with Gasteiger partial charge in [-0.1, -0.05) is 42.5 Å². The zero-order valence-corrected chi connectivity index (χ0v) is 14.4. The number of ketones is 1. The molecular weight excluding hydrogens is 298 g/mol. The Balaban J connectivity index is 1.78. The minimum Gasteiger partial charge on any atom is -0.350 e. The van der Waals surface area contributed by atoms with E-state index in [0.29, 0.717) is 12.0 Å². The van der Waals surface area contributed by atoms with Crippen LogP contribution in [-0.4, -0.2) is 17.7 Å². The molecule has 0 spiro atoms. The maximum atomic E-state index is 12.1. The Bertz CT molecular complexity index is 662. The molecule has 0 unspecified atom stereocenters. The number of hydrogen-bond acceptors (Lipinski definition) is 2. The maximum Gasteiger partial charge on any atom is 0.251 e. The largest absolute Gasteiger partial charge is 0.350 e. The summed E-state index contributed by atoms with van der Waals surface area (Å²) in [5.74, 6) is 0.199. The summed E-state index contributed by atoms with van der Waals surface area (Å²) in [7, 11) is 0. The van der Waals surface area contributed by atoms with E-state index in [1.165, 1.54) is 11.1 Å². The molecule has 2 aromatic rings. The molecule has 0 fully saturated rings. The van der Waals surface area contributed by atoms with Crippen molar-refractivity contribution in [3.63, 3.8) is 0 Å². The number of Topliss-reactive ketones (excluding diaryl/α,β-unsaturated/α-hetero) is 1. The zero-order chi connectivity index (χ0) is 17.4. The molecule has 0 aliphatic carbocycles. The van der Waals surface area contributed by atoms with E-state index in [9.17, 15) is 9.59 Å². The summed E-state index contributed by atoms with van der Waals surface area (Å²) in [6.07, 6.45) is 3.22. The Morgan fingerprint density at radius 1 is 0.917 bits per heavy atom. The fourth-order valence-corrected chi connectivity index (χ4v) is 2.54. The fourth-order valence-electron chi connectivity index (χ4n) is 2.54. The van der Waals surface area contributed by atoms with Crippen molar-refractivity contribution in [2.24, 2.45) is 0 Å². The third kappa shape index (κ3) is 5.99. The monoisotopic (exact) mass is 323 g/mol. The van der Waals surface area contributed by atoms with Crippen LogP contribution < -0.4 is 5.32 Å². The van der Waals surface area contributed by atoms with E-state index in [4.69, 9.17) is 0 Å². The molecule has 1 N–H and O–H groups in total. The summed E-state index contributed by atoms with van der Waals surface area (Å²) in [5, 5.41) is 3.03. The highest BCUT2D eigenvalue weighted by Gasteiger charge is 2.09. The van der Waals surface area contributed by atoms with Crippen LogP contribution in [0.4, 0.5) is 0 Å². The van der Waals surface area contributed by atoms with Crippen molar-refractivity contribution in [2.75, 3.05) is 0 Å². The molecule has 2 aromatic carbocycles. The van der Waals surface area contributed by atoms with Crippen molar-refractivity contribution in [1.82, 2.24) is 5.32 Å². The van der Waals surface area contributed by atoms with Crippen LogP contribution in [-0.2, 0) is 17.6 Å². The molecule has 0 radical (unpaired) electrons. The van der Waals surface area contributed by atoms with Crippen LogP contribution in [0.3, 0.4) is 0 Å². The molecule has 0 heterocycles. The number of amides is 1. The molecule has 0 bridgehead atoms. The highest BCUT2D eigenvalue weighted by atomic mass is 16.1. The van der Waals surface area contributed by atoms with E-state index < -0.39 is 0 Å². The first-order valence-corrected chi connectivity index (χ1v) is 8.48. The molecule has 24 heavy (non-hydrogen) atoms. The van der Waals surface area contributed by atoms with Crippen LogP contribution >= 0.6 is 0 Å². The molecule has 1 atom stereocenters. The Hall–Kier alpha value is -2.42. The second-order valence-electron chi connectivity index (χ2n) is 6.30. The molecular formula is C21H25NO2. The minimum absolute atomic E-state index is 0.0253. The number of benzene rings is 2. The minimum atomic E-state index is -0.0253. The second kappa shape index (κ2) is 9.02. The quantitative estimate of drug-likeness (QED) is 0.799. The summed E-state index contributed by atoms with van der Waals surface area (Å²) in [4.78, 5) is 23.1. The molecule has 1 amide bonds. The number of hydrogen-bond donors (Lipinski definition) is 1. The van der Waals surface area contributed by atoms with Gasteiger partial charge in [-0.3, -0.25) is 4.79 Å². The van der Waals surface area contributed by atoms with Gasteiger partial charge in [0.05, 0.1) is 0 Å². The first-order chi connectivity index (χ1) is 11.5. The average Bonchev–Trinajstić information content (AvgIpc) is 2.59. The van der Waals surface area contributed by atoms with Crippen LogP contribution in [0.15, 0.2) is 54.6 Å². The van der Waals surface area contributed by atoms with Crippen LogP contribution in [0.25, 0.3) is 0 Å². The summed E-state index contributed by atoms with van der Waals surface area (Å²) in [6, 6.07) is 17.8. The number of aryl methyl sites for hydroxylation is 2. The van der Waals surface area contributed by atoms with Crippen LogP contribution in [0.5, 0.6) is 0 Å².